The number of halogens is 1. The zero-order chi connectivity index (χ0) is 15.9. The molecule has 1 aromatic heterocycles. The van der Waals surface area contributed by atoms with Crippen LogP contribution in [0.5, 0.6) is 0 Å². The highest BCUT2D eigenvalue weighted by atomic mass is 35.5. The van der Waals surface area contributed by atoms with Crippen molar-refractivity contribution < 1.29 is 19.0 Å². The lowest BCUT2D eigenvalue weighted by molar-refractivity contribution is 0.152. The number of anilines is 1. The first-order valence-corrected chi connectivity index (χ1v) is 8.65. The molecule has 0 aromatic carbocycles. The van der Waals surface area contributed by atoms with Crippen molar-refractivity contribution in [2.75, 3.05) is 30.5 Å². The first-order valence-electron chi connectivity index (χ1n) is 6.81. The summed E-state index contributed by atoms with van der Waals surface area (Å²) in [4.78, 5) is 16.2. The average Bonchev–Trinajstić information content (AvgIpc) is 3.02. The van der Waals surface area contributed by atoms with E-state index < -0.39 is 17.1 Å². The van der Waals surface area contributed by atoms with Crippen molar-refractivity contribution in [1.82, 2.24) is 14.2 Å². The van der Waals surface area contributed by atoms with E-state index in [1.807, 2.05) is 0 Å². The van der Waals surface area contributed by atoms with Gasteiger partial charge in [0.05, 0.1) is 18.3 Å². The molecule has 3 rings (SSSR count). The molecule has 2 aliphatic rings. The molecule has 2 aliphatic heterocycles. The SMILES string of the molecule is O=C(O)N1CCC(N2CCN(c3ccnc(Cl)c3)S2(O)O)C1. The molecule has 2 saturated heterocycles. The maximum atomic E-state index is 11.0. The number of rotatable bonds is 2. The van der Waals surface area contributed by atoms with Crippen LogP contribution in [-0.4, -0.2) is 66.7 Å². The molecule has 1 amide bonds. The van der Waals surface area contributed by atoms with Crippen molar-refractivity contribution in [2.24, 2.45) is 0 Å². The third kappa shape index (κ3) is 2.70. The van der Waals surface area contributed by atoms with Gasteiger partial charge in [0.25, 0.3) is 0 Å². The van der Waals surface area contributed by atoms with Crippen LogP contribution in [0.3, 0.4) is 0 Å². The van der Waals surface area contributed by atoms with Crippen LogP contribution < -0.4 is 4.31 Å². The maximum absolute atomic E-state index is 11.0. The Hall–Kier alpha value is -1.26. The van der Waals surface area contributed by atoms with E-state index in [4.69, 9.17) is 16.7 Å². The minimum absolute atomic E-state index is 0.191. The Bertz CT molecular complexity index is 590. The van der Waals surface area contributed by atoms with Crippen LogP contribution in [0.2, 0.25) is 5.15 Å². The summed E-state index contributed by atoms with van der Waals surface area (Å²) in [7, 11) is -3.17. The molecule has 0 aliphatic carbocycles. The second-order valence-corrected chi connectivity index (χ2v) is 7.52. The van der Waals surface area contributed by atoms with Gasteiger partial charge in [-0.25, -0.2) is 9.78 Å². The Kier molecular flexibility index (Phi) is 4.08. The molecule has 3 N–H and O–H groups in total. The van der Waals surface area contributed by atoms with Crippen LogP contribution in [-0.2, 0) is 0 Å². The number of likely N-dealkylation sites (tertiary alicyclic amines) is 1. The van der Waals surface area contributed by atoms with Crippen LogP contribution >= 0.6 is 22.6 Å². The van der Waals surface area contributed by atoms with E-state index in [1.54, 1.807) is 16.4 Å². The van der Waals surface area contributed by atoms with Gasteiger partial charge in [-0.1, -0.05) is 22.6 Å². The fraction of sp³-hybridized carbons (Fsp3) is 0.500. The number of nitrogens with zero attached hydrogens (tertiary/aromatic N) is 4. The van der Waals surface area contributed by atoms with Crippen LogP contribution in [0.15, 0.2) is 18.3 Å². The molecule has 2 fully saturated rings. The first-order chi connectivity index (χ1) is 10.4. The Morgan fingerprint density at radius 3 is 2.77 bits per heavy atom. The molecule has 22 heavy (non-hydrogen) atoms. The highest BCUT2D eigenvalue weighted by molar-refractivity contribution is 8.23. The molecule has 0 spiro atoms. The summed E-state index contributed by atoms with van der Waals surface area (Å²) in [6, 6.07) is 3.06. The van der Waals surface area contributed by atoms with Crippen LogP contribution in [0.1, 0.15) is 6.42 Å². The molecule has 122 valence electrons. The lowest BCUT2D eigenvalue weighted by atomic mass is 10.2. The summed E-state index contributed by atoms with van der Waals surface area (Å²) >= 11 is 5.86. The number of pyridine rings is 1. The van der Waals surface area contributed by atoms with Gasteiger partial charge in [-0.2, -0.15) is 4.31 Å². The lowest BCUT2D eigenvalue weighted by Crippen LogP contribution is -2.39. The Morgan fingerprint density at radius 2 is 2.14 bits per heavy atom. The van der Waals surface area contributed by atoms with Gasteiger partial charge < -0.3 is 10.0 Å². The zero-order valence-electron chi connectivity index (χ0n) is 11.7. The molecular formula is C12H17ClN4O4S. The Balaban J connectivity index is 1.78. The average molecular weight is 349 g/mol. The second-order valence-electron chi connectivity index (χ2n) is 5.24. The highest BCUT2D eigenvalue weighted by Gasteiger charge is 2.44. The van der Waals surface area contributed by atoms with Gasteiger partial charge in [-0.3, -0.25) is 13.4 Å². The standard InChI is InChI=1S/C12H17ClN4O4S/c13-11-7-9(1-3-14-11)16-5-6-17(22(16,20)21)10-2-4-15(8-10)12(18)19/h1,3,7,10,20-21H,2,4-6,8H2,(H,18,19). The van der Waals surface area contributed by atoms with Crippen molar-refractivity contribution in [2.45, 2.75) is 12.5 Å². The number of aromatic nitrogens is 1. The van der Waals surface area contributed by atoms with Gasteiger partial charge in [0.15, 0.2) is 0 Å². The van der Waals surface area contributed by atoms with Crippen molar-refractivity contribution >= 4 is 34.3 Å². The maximum Gasteiger partial charge on any atom is 0.407 e. The van der Waals surface area contributed by atoms with E-state index in [0.29, 0.717) is 31.7 Å². The summed E-state index contributed by atoms with van der Waals surface area (Å²) in [5.74, 6) is 0. The number of amides is 1. The fourth-order valence-corrected chi connectivity index (χ4v) is 4.96. The van der Waals surface area contributed by atoms with Gasteiger partial charge in [0, 0.05) is 31.9 Å². The Labute approximate surface area is 134 Å². The van der Waals surface area contributed by atoms with Gasteiger partial charge in [-0.05, 0) is 12.5 Å². The number of hydrogen-bond donors (Lipinski definition) is 3. The zero-order valence-corrected chi connectivity index (χ0v) is 13.2. The molecule has 0 saturated carbocycles. The molecular weight excluding hydrogens is 332 g/mol. The largest absolute Gasteiger partial charge is 0.465 e. The van der Waals surface area contributed by atoms with E-state index in [2.05, 4.69) is 4.98 Å². The van der Waals surface area contributed by atoms with Crippen molar-refractivity contribution in [3.05, 3.63) is 23.5 Å². The number of carboxylic acid groups (broad SMARTS) is 1. The summed E-state index contributed by atoms with van der Waals surface area (Å²) in [6.45, 7) is 1.59. The molecule has 0 bridgehead atoms. The van der Waals surface area contributed by atoms with Gasteiger partial charge in [0.1, 0.15) is 5.15 Å². The molecule has 1 unspecified atom stereocenters. The first kappa shape index (κ1) is 15.6. The smallest absolute Gasteiger partial charge is 0.407 e. The van der Waals surface area contributed by atoms with Crippen LogP contribution in [0.4, 0.5) is 10.5 Å². The van der Waals surface area contributed by atoms with Gasteiger partial charge >= 0.3 is 6.09 Å². The summed E-state index contributed by atoms with van der Waals surface area (Å²) in [5, 5.41) is 9.30. The van der Waals surface area contributed by atoms with Gasteiger partial charge in [-0.15, -0.1) is 0 Å². The normalized spacial score (nSPS) is 26.4. The molecule has 8 nitrogen and oxygen atoms in total. The van der Waals surface area contributed by atoms with E-state index >= 15 is 0 Å². The van der Waals surface area contributed by atoms with Crippen molar-refractivity contribution in [1.29, 1.82) is 0 Å². The van der Waals surface area contributed by atoms with Crippen molar-refractivity contribution in [3.63, 3.8) is 0 Å². The quantitative estimate of drug-likeness (QED) is 0.704. The molecule has 10 heteroatoms. The minimum atomic E-state index is -3.17. The molecule has 3 heterocycles. The van der Waals surface area contributed by atoms with Crippen LogP contribution in [0, 0.1) is 0 Å². The van der Waals surface area contributed by atoms with E-state index in [0.717, 1.165) is 0 Å². The van der Waals surface area contributed by atoms with E-state index in [-0.39, 0.29) is 17.7 Å². The fourth-order valence-electron chi connectivity index (χ4n) is 2.91. The third-order valence-corrected chi connectivity index (χ3v) is 6.27. The minimum Gasteiger partial charge on any atom is -0.465 e. The summed E-state index contributed by atoms with van der Waals surface area (Å²) in [6.07, 6.45) is 1.13. The summed E-state index contributed by atoms with van der Waals surface area (Å²) < 4.78 is 24.3. The molecule has 1 aromatic rings. The predicted octanol–water partition coefficient (Wildman–Crippen LogP) is 2.19. The lowest BCUT2D eigenvalue weighted by Gasteiger charge is -2.45. The van der Waals surface area contributed by atoms with E-state index in [9.17, 15) is 13.9 Å². The summed E-state index contributed by atoms with van der Waals surface area (Å²) in [5.41, 5.74) is 0.593. The van der Waals surface area contributed by atoms with Crippen molar-refractivity contribution in [3.8, 4) is 0 Å². The monoisotopic (exact) mass is 348 g/mol. The van der Waals surface area contributed by atoms with E-state index in [1.165, 1.54) is 15.4 Å². The molecule has 0 radical (unpaired) electrons. The molecule has 1 atom stereocenters. The number of hydrogen-bond acceptors (Lipinski definition) is 6. The highest BCUT2D eigenvalue weighted by Crippen LogP contribution is 2.55. The second kappa shape index (κ2) is 5.74. The Morgan fingerprint density at radius 1 is 1.36 bits per heavy atom. The topological polar surface area (TPSA) is 100 Å². The predicted molar refractivity (Wildman–Crippen MR) is 84.2 cm³/mol. The van der Waals surface area contributed by atoms with Crippen LogP contribution in [0.25, 0.3) is 0 Å². The number of carbonyl (C=O) groups is 1. The third-order valence-electron chi connectivity index (χ3n) is 3.97. The van der Waals surface area contributed by atoms with Gasteiger partial charge in [0.2, 0.25) is 0 Å².